The van der Waals surface area contributed by atoms with Gasteiger partial charge >= 0.3 is 23.9 Å². The molecule has 1 aromatic heterocycles. The summed E-state index contributed by atoms with van der Waals surface area (Å²) < 4.78 is 5.35. The van der Waals surface area contributed by atoms with Crippen molar-refractivity contribution in [3.63, 3.8) is 0 Å². The Morgan fingerprint density at radius 1 is 1.05 bits per heavy atom. The lowest BCUT2D eigenvalue weighted by Gasteiger charge is -2.27. The van der Waals surface area contributed by atoms with Crippen molar-refractivity contribution in [3.8, 4) is 5.75 Å². The Kier molecular flexibility index (Phi) is 8.89. The predicted octanol–water partition coefficient (Wildman–Crippen LogP) is 3.37. The zero-order valence-electron chi connectivity index (χ0n) is 19.8. The summed E-state index contributed by atoms with van der Waals surface area (Å²) in [5, 5.41) is 20.0. The van der Waals surface area contributed by atoms with E-state index in [1.54, 1.807) is 0 Å². The lowest BCUT2D eigenvalue weighted by Crippen LogP contribution is -2.43. The second kappa shape index (κ2) is 12.1. The number of amides is 2. The molecule has 2 amide bonds. The van der Waals surface area contributed by atoms with Gasteiger partial charge < -0.3 is 31.3 Å². The van der Waals surface area contributed by atoms with Crippen molar-refractivity contribution in [2.75, 3.05) is 18.5 Å². The average Bonchev–Trinajstić information content (AvgIpc) is 3.31. The third-order valence-electron chi connectivity index (χ3n) is 4.97. The highest BCUT2D eigenvalue weighted by molar-refractivity contribution is 7.12. The van der Waals surface area contributed by atoms with Crippen molar-refractivity contribution in [2.45, 2.75) is 6.54 Å². The van der Waals surface area contributed by atoms with Crippen molar-refractivity contribution in [1.82, 2.24) is 4.90 Å². The molecule has 0 fully saturated rings. The summed E-state index contributed by atoms with van der Waals surface area (Å²) in [7, 11) is 1.40. The number of nitrogens with two attached hydrogens (primary N) is 2. The van der Waals surface area contributed by atoms with Crippen molar-refractivity contribution in [1.29, 1.82) is 0 Å². The van der Waals surface area contributed by atoms with Crippen LogP contribution in [0.25, 0.3) is 0 Å². The van der Waals surface area contributed by atoms with Crippen LogP contribution in [0.1, 0.15) is 25.6 Å². The van der Waals surface area contributed by atoms with Crippen molar-refractivity contribution in [2.24, 2.45) is 16.5 Å². The molecule has 0 radical (unpaired) electrons. The van der Waals surface area contributed by atoms with Gasteiger partial charge in [-0.1, -0.05) is 11.6 Å². The van der Waals surface area contributed by atoms with Crippen LogP contribution in [-0.4, -0.2) is 58.6 Å². The number of nitrogens with zero attached hydrogens (tertiary/aromatic N) is 3. The van der Waals surface area contributed by atoms with E-state index in [9.17, 15) is 24.3 Å². The van der Waals surface area contributed by atoms with Gasteiger partial charge in [0.25, 0.3) is 0 Å². The third-order valence-corrected chi connectivity index (χ3v) is 6.24. The molecule has 0 bridgehead atoms. The summed E-state index contributed by atoms with van der Waals surface area (Å²) in [5.41, 5.74) is 12.0. The lowest BCUT2D eigenvalue weighted by molar-refractivity contribution is -0.137. The Morgan fingerprint density at radius 3 is 2.29 bits per heavy atom. The van der Waals surface area contributed by atoms with Gasteiger partial charge in [0.1, 0.15) is 17.2 Å². The zero-order chi connectivity index (χ0) is 28.0. The van der Waals surface area contributed by atoms with Crippen LogP contribution < -0.4 is 21.1 Å². The molecule has 38 heavy (non-hydrogen) atoms. The Labute approximate surface area is 225 Å². The maximum absolute atomic E-state index is 13.1. The highest BCUT2D eigenvalue weighted by Crippen LogP contribution is 2.31. The van der Waals surface area contributed by atoms with E-state index in [0.29, 0.717) is 11.3 Å². The second-order valence-electron chi connectivity index (χ2n) is 7.80. The molecule has 2 aromatic carbocycles. The number of urea groups is 1. The van der Waals surface area contributed by atoms with Crippen LogP contribution in [-0.2, 0) is 11.3 Å². The number of guanidine groups is 1. The maximum Gasteiger partial charge on any atom is 0.345 e. The highest BCUT2D eigenvalue weighted by atomic mass is 35.5. The molecule has 0 saturated heterocycles. The van der Waals surface area contributed by atoms with Gasteiger partial charge in [-0.25, -0.2) is 19.4 Å². The molecule has 3 aromatic rings. The van der Waals surface area contributed by atoms with Gasteiger partial charge in [0.15, 0.2) is 5.96 Å². The largest absolute Gasteiger partial charge is 0.480 e. The summed E-state index contributed by atoms with van der Waals surface area (Å²) in [5.74, 6) is -3.05. The Hall–Kier alpha value is -4.62. The molecule has 0 spiro atoms. The Bertz CT molecular complexity index is 1400. The lowest BCUT2D eigenvalue weighted by atomic mass is 10.2. The van der Waals surface area contributed by atoms with Crippen LogP contribution in [0.5, 0.6) is 5.75 Å². The van der Waals surface area contributed by atoms with E-state index >= 15 is 0 Å². The third kappa shape index (κ3) is 7.21. The molecule has 12 nitrogen and oxygen atoms in total. The first-order valence-corrected chi connectivity index (χ1v) is 12.0. The van der Waals surface area contributed by atoms with Crippen LogP contribution >= 0.6 is 22.9 Å². The quantitative estimate of drug-likeness (QED) is 0.132. The van der Waals surface area contributed by atoms with E-state index < -0.39 is 30.5 Å². The van der Waals surface area contributed by atoms with Crippen LogP contribution in [0.15, 0.2) is 58.9 Å². The molecule has 198 valence electrons. The number of carbonyl (C=O) groups excluding carboxylic acids is 2. The number of aliphatic carboxylic acids is 1. The van der Waals surface area contributed by atoms with E-state index in [-0.39, 0.29) is 39.4 Å². The predicted molar refractivity (Wildman–Crippen MR) is 141 cm³/mol. The molecule has 0 aliphatic rings. The van der Waals surface area contributed by atoms with Crippen LogP contribution in [0.2, 0.25) is 5.02 Å². The number of thiophene rings is 1. The minimum atomic E-state index is -1.25. The zero-order valence-corrected chi connectivity index (χ0v) is 21.4. The number of hydrogen-bond acceptors (Lipinski definition) is 7. The molecule has 0 aliphatic heterocycles. The molecule has 0 saturated carbocycles. The number of ether oxygens (including phenoxy) is 1. The van der Waals surface area contributed by atoms with E-state index in [1.165, 1.54) is 61.0 Å². The number of carboxylic acid groups (broad SMARTS) is 2. The Morgan fingerprint density at radius 2 is 1.74 bits per heavy atom. The second-order valence-corrected chi connectivity index (χ2v) is 9.12. The van der Waals surface area contributed by atoms with Crippen molar-refractivity contribution >= 4 is 64.2 Å². The van der Waals surface area contributed by atoms with E-state index in [4.69, 9.17) is 32.9 Å². The normalized spacial score (nSPS) is 10.4. The molecule has 1 heterocycles. The van der Waals surface area contributed by atoms with Gasteiger partial charge in [0, 0.05) is 19.7 Å². The number of aliphatic imine (C=N–C) groups is 1. The molecule has 6 N–H and O–H groups in total. The first kappa shape index (κ1) is 28.0. The van der Waals surface area contributed by atoms with Crippen LogP contribution in [0.3, 0.4) is 0 Å². The molecule has 0 unspecified atom stereocenters. The number of halogens is 1. The SMILES string of the molecule is CN(C(=O)N(CC(=O)O)Cc1csc(C(=O)O)c1)c1ccc(OC(=O)c2ccc(N=C(N)N)cc2)cc1Cl. The molecular weight excluding hydrogens is 538 g/mol. The monoisotopic (exact) mass is 559 g/mol. The number of esters is 1. The van der Waals surface area contributed by atoms with Gasteiger partial charge in [0.2, 0.25) is 0 Å². The van der Waals surface area contributed by atoms with Gasteiger partial charge in [-0.15, -0.1) is 11.3 Å². The summed E-state index contributed by atoms with van der Waals surface area (Å²) in [6.07, 6.45) is 0. The maximum atomic E-state index is 13.1. The van der Waals surface area contributed by atoms with Gasteiger partial charge in [-0.05, 0) is 53.4 Å². The fourth-order valence-corrected chi connectivity index (χ4v) is 4.31. The number of anilines is 1. The number of aromatic carboxylic acids is 1. The molecular formula is C24H22ClN5O7S. The molecule has 0 atom stereocenters. The number of hydrogen-bond donors (Lipinski definition) is 4. The molecule has 0 aliphatic carbocycles. The van der Waals surface area contributed by atoms with Crippen molar-refractivity contribution < 1.29 is 34.1 Å². The average molecular weight is 560 g/mol. The van der Waals surface area contributed by atoms with E-state index in [1.807, 2.05) is 0 Å². The first-order valence-electron chi connectivity index (χ1n) is 10.7. The standard InChI is InChI=1S/C24H22ClN5O7S/c1-29(24(36)30(11-20(31)32)10-13-8-19(21(33)34)38-12-13)18-7-6-16(9-17(18)25)37-22(35)14-2-4-15(5-3-14)28-23(26)27/h2-9,12H,10-11H2,1H3,(H,31,32)(H,33,34)(H4,26,27,28). The summed E-state index contributed by atoms with van der Waals surface area (Å²) >= 11 is 7.32. The highest BCUT2D eigenvalue weighted by Gasteiger charge is 2.24. The van der Waals surface area contributed by atoms with E-state index in [0.717, 1.165) is 21.1 Å². The summed E-state index contributed by atoms with van der Waals surface area (Å²) in [6, 6.07) is 10.9. The number of benzene rings is 2. The topological polar surface area (TPSA) is 189 Å². The minimum absolute atomic E-state index is 0.0632. The minimum Gasteiger partial charge on any atom is -0.480 e. The smallest absolute Gasteiger partial charge is 0.345 e. The van der Waals surface area contributed by atoms with Gasteiger partial charge in [-0.3, -0.25) is 9.69 Å². The first-order chi connectivity index (χ1) is 17.9. The van der Waals surface area contributed by atoms with Crippen molar-refractivity contribution in [3.05, 3.63) is 74.9 Å². The van der Waals surface area contributed by atoms with Gasteiger partial charge in [-0.2, -0.15) is 0 Å². The summed E-state index contributed by atoms with van der Waals surface area (Å²) in [6.45, 7) is -0.759. The fourth-order valence-electron chi connectivity index (χ4n) is 3.27. The number of carbonyl (C=O) groups is 4. The van der Waals surface area contributed by atoms with Gasteiger partial charge in [0.05, 0.1) is 22.0 Å². The number of carboxylic acids is 2. The molecule has 14 heteroatoms. The van der Waals surface area contributed by atoms with E-state index in [2.05, 4.69) is 4.99 Å². The Balaban J connectivity index is 1.73. The van der Waals surface area contributed by atoms with Crippen LogP contribution in [0.4, 0.5) is 16.2 Å². The fraction of sp³-hybridized carbons (Fsp3) is 0.125. The number of rotatable bonds is 9. The molecule has 3 rings (SSSR count). The van der Waals surface area contributed by atoms with Crippen LogP contribution in [0, 0.1) is 0 Å². The summed E-state index contributed by atoms with van der Waals surface area (Å²) in [4.78, 5) is 54.2.